The van der Waals surface area contributed by atoms with Gasteiger partial charge in [-0.3, -0.25) is 4.79 Å². The van der Waals surface area contributed by atoms with Gasteiger partial charge in [0.25, 0.3) is 0 Å². The normalized spacial score (nSPS) is 12.5. The van der Waals surface area contributed by atoms with Crippen LogP contribution in [0.5, 0.6) is 0 Å². The van der Waals surface area contributed by atoms with Gasteiger partial charge < -0.3 is 14.8 Å². The van der Waals surface area contributed by atoms with Gasteiger partial charge in [-0.1, -0.05) is 0 Å². The number of aliphatic hydroxyl groups excluding tert-OH is 1. The van der Waals surface area contributed by atoms with Crippen LogP contribution in [-0.2, 0) is 4.79 Å². The second kappa shape index (κ2) is 3.92. The predicted octanol–water partition coefficient (Wildman–Crippen LogP) is 0.449. The molecule has 1 heterocycles. The van der Waals surface area contributed by atoms with Gasteiger partial charge in [0, 0.05) is 7.05 Å². The van der Waals surface area contributed by atoms with Crippen LogP contribution in [0, 0.1) is 0 Å². The molecule has 0 saturated heterocycles. The first kappa shape index (κ1) is 8.80. The van der Waals surface area contributed by atoms with Crippen LogP contribution in [0.15, 0.2) is 22.8 Å². The fourth-order valence-corrected chi connectivity index (χ4v) is 0.859. The van der Waals surface area contributed by atoms with E-state index in [0.29, 0.717) is 5.76 Å². The molecule has 0 radical (unpaired) electrons. The van der Waals surface area contributed by atoms with E-state index in [2.05, 4.69) is 5.32 Å². The summed E-state index contributed by atoms with van der Waals surface area (Å²) in [4.78, 5) is 10.8. The third-order valence-corrected chi connectivity index (χ3v) is 1.53. The lowest BCUT2D eigenvalue weighted by Crippen LogP contribution is -2.20. The van der Waals surface area contributed by atoms with Crippen molar-refractivity contribution in [1.82, 2.24) is 5.32 Å². The number of hydrogen-bond acceptors (Lipinski definition) is 3. The molecule has 0 aliphatic heterocycles. The van der Waals surface area contributed by atoms with Crippen molar-refractivity contribution in [1.29, 1.82) is 0 Å². The summed E-state index contributed by atoms with van der Waals surface area (Å²) in [6, 6.07) is 3.30. The van der Waals surface area contributed by atoms with E-state index in [1.807, 2.05) is 0 Å². The van der Waals surface area contributed by atoms with Gasteiger partial charge in [0.05, 0.1) is 12.7 Å². The van der Waals surface area contributed by atoms with E-state index >= 15 is 0 Å². The van der Waals surface area contributed by atoms with Gasteiger partial charge in [0.2, 0.25) is 5.91 Å². The molecule has 66 valence electrons. The van der Waals surface area contributed by atoms with Crippen LogP contribution in [0.3, 0.4) is 0 Å². The number of aliphatic hydroxyl groups is 1. The average molecular weight is 169 g/mol. The fourth-order valence-electron chi connectivity index (χ4n) is 0.859. The van der Waals surface area contributed by atoms with Crippen LogP contribution in [-0.4, -0.2) is 18.1 Å². The molecule has 1 aromatic heterocycles. The van der Waals surface area contributed by atoms with Gasteiger partial charge in [-0.15, -0.1) is 0 Å². The second-order valence-electron chi connectivity index (χ2n) is 2.41. The van der Waals surface area contributed by atoms with E-state index < -0.39 is 6.10 Å². The quantitative estimate of drug-likeness (QED) is 0.690. The summed E-state index contributed by atoms with van der Waals surface area (Å²) in [5.74, 6) is 0.206. The van der Waals surface area contributed by atoms with Crippen LogP contribution in [0.1, 0.15) is 18.3 Å². The van der Waals surface area contributed by atoms with Crippen molar-refractivity contribution >= 4 is 5.91 Å². The summed E-state index contributed by atoms with van der Waals surface area (Å²) in [6.45, 7) is 0. The minimum absolute atomic E-state index is 0.0318. The molecule has 1 aromatic rings. The van der Waals surface area contributed by atoms with E-state index in [-0.39, 0.29) is 12.3 Å². The molecule has 0 aromatic carbocycles. The third-order valence-electron chi connectivity index (χ3n) is 1.53. The lowest BCUT2D eigenvalue weighted by molar-refractivity contribution is -0.122. The van der Waals surface area contributed by atoms with Crippen LogP contribution in [0.2, 0.25) is 0 Å². The monoisotopic (exact) mass is 169 g/mol. The minimum Gasteiger partial charge on any atom is -0.467 e. The van der Waals surface area contributed by atoms with E-state index in [9.17, 15) is 9.90 Å². The molecule has 1 atom stereocenters. The van der Waals surface area contributed by atoms with Gasteiger partial charge in [-0.25, -0.2) is 0 Å². The molecular formula is C8H11NO3. The fraction of sp³-hybridized carbons (Fsp3) is 0.375. The largest absolute Gasteiger partial charge is 0.467 e. The summed E-state index contributed by atoms with van der Waals surface area (Å²) in [5, 5.41) is 11.8. The van der Waals surface area contributed by atoms with Crippen molar-refractivity contribution in [2.24, 2.45) is 0 Å². The molecular weight excluding hydrogens is 158 g/mol. The second-order valence-corrected chi connectivity index (χ2v) is 2.41. The Hall–Kier alpha value is -1.29. The number of amides is 1. The van der Waals surface area contributed by atoms with Crippen molar-refractivity contribution in [3.63, 3.8) is 0 Å². The Morgan fingerprint density at radius 2 is 2.58 bits per heavy atom. The molecule has 2 N–H and O–H groups in total. The first-order valence-corrected chi connectivity index (χ1v) is 3.66. The first-order chi connectivity index (χ1) is 5.74. The van der Waals surface area contributed by atoms with Gasteiger partial charge in [0.1, 0.15) is 11.9 Å². The average Bonchev–Trinajstić information content (AvgIpc) is 2.56. The molecule has 1 rings (SSSR count). The standard InChI is InChI=1S/C8H11NO3/c1-9-8(11)5-6(10)7-3-2-4-12-7/h2-4,6,10H,5H2,1H3,(H,9,11). The highest BCUT2D eigenvalue weighted by Gasteiger charge is 2.13. The summed E-state index contributed by atoms with van der Waals surface area (Å²) < 4.78 is 4.91. The van der Waals surface area contributed by atoms with Crippen molar-refractivity contribution < 1.29 is 14.3 Å². The zero-order valence-corrected chi connectivity index (χ0v) is 6.78. The molecule has 0 bridgehead atoms. The van der Waals surface area contributed by atoms with E-state index in [1.165, 1.54) is 13.3 Å². The zero-order valence-electron chi connectivity index (χ0n) is 6.78. The zero-order chi connectivity index (χ0) is 8.97. The van der Waals surface area contributed by atoms with E-state index in [0.717, 1.165) is 0 Å². The van der Waals surface area contributed by atoms with Gasteiger partial charge in [-0.05, 0) is 12.1 Å². The van der Waals surface area contributed by atoms with Crippen molar-refractivity contribution in [3.05, 3.63) is 24.2 Å². The number of carbonyl (C=O) groups is 1. The number of hydrogen-bond donors (Lipinski definition) is 2. The van der Waals surface area contributed by atoms with Crippen LogP contribution in [0.25, 0.3) is 0 Å². The molecule has 0 spiro atoms. The number of nitrogens with one attached hydrogen (secondary N) is 1. The number of furan rings is 1. The molecule has 1 amide bonds. The Kier molecular flexibility index (Phi) is 2.88. The molecule has 12 heavy (non-hydrogen) atoms. The van der Waals surface area contributed by atoms with E-state index in [1.54, 1.807) is 12.1 Å². The molecule has 1 unspecified atom stereocenters. The molecule has 4 nitrogen and oxygen atoms in total. The summed E-state index contributed by atoms with van der Waals surface area (Å²) in [5.41, 5.74) is 0. The van der Waals surface area contributed by atoms with Crippen molar-refractivity contribution in [2.75, 3.05) is 7.05 Å². The maximum atomic E-state index is 10.8. The Labute approximate surface area is 70.2 Å². The van der Waals surface area contributed by atoms with Gasteiger partial charge >= 0.3 is 0 Å². The number of rotatable bonds is 3. The SMILES string of the molecule is CNC(=O)CC(O)c1ccco1. The summed E-state index contributed by atoms with van der Waals surface area (Å²) in [7, 11) is 1.52. The molecule has 0 aliphatic rings. The van der Waals surface area contributed by atoms with Crippen LogP contribution in [0.4, 0.5) is 0 Å². The molecule has 4 heteroatoms. The van der Waals surface area contributed by atoms with Gasteiger partial charge in [0.15, 0.2) is 0 Å². The topological polar surface area (TPSA) is 62.5 Å². The summed E-state index contributed by atoms with van der Waals surface area (Å²) in [6.07, 6.45) is 0.645. The Morgan fingerprint density at radius 3 is 3.08 bits per heavy atom. The predicted molar refractivity (Wildman–Crippen MR) is 42.4 cm³/mol. The molecule has 0 saturated carbocycles. The Balaban J connectivity index is 2.49. The Bertz CT molecular complexity index is 243. The molecule has 0 aliphatic carbocycles. The first-order valence-electron chi connectivity index (χ1n) is 3.66. The Morgan fingerprint density at radius 1 is 1.83 bits per heavy atom. The highest BCUT2D eigenvalue weighted by molar-refractivity contribution is 5.76. The number of carbonyl (C=O) groups excluding carboxylic acids is 1. The van der Waals surface area contributed by atoms with Crippen molar-refractivity contribution in [2.45, 2.75) is 12.5 Å². The van der Waals surface area contributed by atoms with Crippen LogP contribution >= 0.6 is 0 Å². The third kappa shape index (κ3) is 2.10. The maximum Gasteiger partial charge on any atom is 0.222 e. The minimum atomic E-state index is -0.847. The highest BCUT2D eigenvalue weighted by atomic mass is 16.4. The summed E-state index contributed by atoms with van der Waals surface area (Å²) >= 11 is 0. The molecule has 0 fully saturated rings. The van der Waals surface area contributed by atoms with Crippen molar-refractivity contribution in [3.8, 4) is 0 Å². The maximum absolute atomic E-state index is 10.8. The lowest BCUT2D eigenvalue weighted by atomic mass is 10.2. The van der Waals surface area contributed by atoms with Gasteiger partial charge in [-0.2, -0.15) is 0 Å². The lowest BCUT2D eigenvalue weighted by Gasteiger charge is -2.05. The van der Waals surface area contributed by atoms with Crippen LogP contribution < -0.4 is 5.32 Å². The smallest absolute Gasteiger partial charge is 0.222 e. The highest BCUT2D eigenvalue weighted by Crippen LogP contribution is 2.15. The van der Waals surface area contributed by atoms with E-state index in [4.69, 9.17) is 4.42 Å².